The van der Waals surface area contributed by atoms with Gasteiger partial charge in [0.15, 0.2) is 11.5 Å². The molecule has 9 nitrogen and oxygen atoms in total. The zero-order chi connectivity index (χ0) is 17.4. The van der Waals surface area contributed by atoms with E-state index < -0.39 is 28.1 Å². The molecule has 0 heterocycles. The Labute approximate surface area is 131 Å². The maximum atomic E-state index is 11.3. The van der Waals surface area contributed by atoms with Crippen molar-refractivity contribution in [3.8, 4) is 11.5 Å². The SMILES string of the molecule is C=CCOC(=O)CCOc1cc([N+](=O)[O-])c(C(=O)O)cc1OC. The van der Waals surface area contributed by atoms with E-state index in [0.717, 1.165) is 12.1 Å². The summed E-state index contributed by atoms with van der Waals surface area (Å²) in [5, 5.41) is 19.9. The highest BCUT2D eigenvalue weighted by Crippen LogP contribution is 2.34. The van der Waals surface area contributed by atoms with Crippen molar-refractivity contribution in [1.82, 2.24) is 0 Å². The van der Waals surface area contributed by atoms with E-state index in [9.17, 15) is 19.7 Å². The Balaban J connectivity index is 2.91. The summed E-state index contributed by atoms with van der Waals surface area (Å²) in [7, 11) is 1.26. The number of carboxylic acid groups (broad SMARTS) is 1. The molecule has 0 aliphatic heterocycles. The van der Waals surface area contributed by atoms with Gasteiger partial charge in [0, 0.05) is 6.07 Å². The number of benzene rings is 1. The van der Waals surface area contributed by atoms with Crippen LogP contribution in [-0.2, 0) is 9.53 Å². The lowest BCUT2D eigenvalue weighted by Crippen LogP contribution is -2.11. The van der Waals surface area contributed by atoms with E-state index in [1.807, 2.05) is 0 Å². The molecule has 124 valence electrons. The van der Waals surface area contributed by atoms with Crippen LogP contribution < -0.4 is 9.47 Å². The molecule has 0 saturated heterocycles. The van der Waals surface area contributed by atoms with E-state index in [0.29, 0.717) is 0 Å². The highest BCUT2D eigenvalue weighted by Gasteiger charge is 2.24. The number of nitrogens with zero attached hydrogens (tertiary/aromatic N) is 1. The predicted molar refractivity (Wildman–Crippen MR) is 77.9 cm³/mol. The smallest absolute Gasteiger partial charge is 0.342 e. The van der Waals surface area contributed by atoms with Gasteiger partial charge in [-0.25, -0.2) is 4.79 Å². The van der Waals surface area contributed by atoms with Crippen LogP contribution >= 0.6 is 0 Å². The summed E-state index contributed by atoms with van der Waals surface area (Å²) in [5.74, 6) is -2.02. The zero-order valence-electron chi connectivity index (χ0n) is 12.3. The summed E-state index contributed by atoms with van der Waals surface area (Å²) in [5.41, 5.74) is -1.16. The average molecular weight is 325 g/mol. The molecule has 0 bridgehead atoms. The molecule has 0 aliphatic rings. The molecule has 0 unspecified atom stereocenters. The number of methoxy groups -OCH3 is 1. The maximum absolute atomic E-state index is 11.3. The van der Waals surface area contributed by atoms with Gasteiger partial charge in [-0.05, 0) is 0 Å². The van der Waals surface area contributed by atoms with E-state index in [4.69, 9.17) is 19.3 Å². The van der Waals surface area contributed by atoms with Crippen molar-refractivity contribution in [2.75, 3.05) is 20.3 Å². The van der Waals surface area contributed by atoms with Crippen LogP contribution in [-0.4, -0.2) is 42.3 Å². The minimum atomic E-state index is -1.46. The summed E-state index contributed by atoms with van der Waals surface area (Å²) in [6.07, 6.45) is 1.32. The Kier molecular flexibility index (Phi) is 6.53. The van der Waals surface area contributed by atoms with Crippen molar-refractivity contribution in [1.29, 1.82) is 0 Å². The van der Waals surface area contributed by atoms with Gasteiger partial charge in [0.05, 0.1) is 31.1 Å². The molecule has 9 heteroatoms. The summed E-state index contributed by atoms with van der Waals surface area (Å²) >= 11 is 0. The molecule has 0 spiro atoms. The third kappa shape index (κ3) is 4.99. The first-order chi connectivity index (χ1) is 10.9. The third-order valence-corrected chi connectivity index (χ3v) is 2.63. The fourth-order valence-electron chi connectivity index (χ4n) is 1.61. The summed E-state index contributed by atoms with van der Waals surface area (Å²) < 4.78 is 15.0. The molecular weight excluding hydrogens is 310 g/mol. The lowest BCUT2D eigenvalue weighted by atomic mass is 10.1. The minimum absolute atomic E-state index is 0.00691. The Hall–Kier alpha value is -3.10. The Morgan fingerprint density at radius 1 is 1.39 bits per heavy atom. The molecule has 1 rings (SSSR count). The van der Waals surface area contributed by atoms with Gasteiger partial charge in [0.2, 0.25) is 0 Å². The molecule has 0 saturated carbocycles. The first-order valence-electron chi connectivity index (χ1n) is 6.39. The second kappa shape index (κ2) is 8.37. The number of carbonyl (C=O) groups is 2. The van der Waals surface area contributed by atoms with Crippen LogP contribution in [0, 0.1) is 10.1 Å². The summed E-state index contributed by atoms with van der Waals surface area (Å²) in [6, 6.07) is 1.93. The number of hydrogen-bond donors (Lipinski definition) is 1. The normalized spacial score (nSPS) is 9.78. The van der Waals surface area contributed by atoms with Gasteiger partial charge in [0.25, 0.3) is 5.69 Å². The first kappa shape index (κ1) is 18.0. The second-order valence-electron chi connectivity index (χ2n) is 4.15. The quantitative estimate of drug-likeness (QED) is 0.315. The minimum Gasteiger partial charge on any atom is -0.493 e. The van der Waals surface area contributed by atoms with Gasteiger partial charge in [-0.1, -0.05) is 12.7 Å². The standard InChI is InChI=1S/C14H15NO8/c1-3-5-23-13(16)4-6-22-12-8-10(15(19)20)9(14(17)18)7-11(12)21-2/h3,7-8H,1,4-6H2,2H3,(H,17,18). The number of aromatic carboxylic acids is 1. The number of rotatable bonds is 9. The molecule has 0 fully saturated rings. The lowest BCUT2D eigenvalue weighted by molar-refractivity contribution is -0.385. The van der Waals surface area contributed by atoms with E-state index in [1.54, 1.807) is 0 Å². The van der Waals surface area contributed by atoms with Crippen LogP contribution in [0.25, 0.3) is 0 Å². The Bertz CT molecular complexity index is 625. The summed E-state index contributed by atoms with van der Waals surface area (Å²) in [4.78, 5) is 32.4. The maximum Gasteiger partial charge on any atom is 0.342 e. The zero-order valence-corrected chi connectivity index (χ0v) is 12.3. The predicted octanol–water partition coefficient (Wildman–Crippen LogP) is 1.80. The number of nitro groups is 1. The van der Waals surface area contributed by atoms with E-state index >= 15 is 0 Å². The highest BCUT2D eigenvalue weighted by atomic mass is 16.6. The number of carbonyl (C=O) groups excluding carboxylic acids is 1. The number of esters is 1. The third-order valence-electron chi connectivity index (χ3n) is 2.63. The Morgan fingerprint density at radius 3 is 2.61 bits per heavy atom. The van der Waals surface area contributed by atoms with Crippen molar-refractivity contribution in [3.05, 3.63) is 40.5 Å². The summed E-state index contributed by atoms with van der Waals surface area (Å²) in [6.45, 7) is 3.35. The Morgan fingerprint density at radius 2 is 2.09 bits per heavy atom. The molecule has 0 radical (unpaired) electrons. The number of nitro benzene ring substituents is 1. The van der Waals surface area contributed by atoms with Crippen molar-refractivity contribution in [2.45, 2.75) is 6.42 Å². The van der Waals surface area contributed by atoms with Gasteiger partial charge in [-0.2, -0.15) is 0 Å². The van der Waals surface area contributed by atoms with Gasteiger partial charge in [-0.3, -0.25) is 14.9 Å². The monoisotopic (exact) mass is 325 g/mol. The van der Waals surface area contributed by atoms with Crippen LogP contribution in [0.3, 0.4) is 0 Å². The number of ether oxygens (including phenoxy) is 3. The number of carboxylic acids is 1. The van der Waals surface area contributed by atoms with E-state index in [2.05, 4.69) is 6.58 Å². The van der Waals surface area contributed by atoms with Crippen molar-refractivity contribution >= 4 is 17.6 Å². The molecule has 1 N–H and O–H groups in total. The van der Waals surface area contributed by atoms with Crippen molar-refractivity contribution in [3.63, 3.8) is 0 Å². The largest absolute Gasteiger partial charge is 0.493 e. The highest BCUT2D eigenvalue weighted by molar-refractivity contribution is 5.93. The van der Waals surface area contributed by atoms with Gasteiger partial charge in [0.1, 0.15) is 12.2 Å². The lowest BCUT2D eigenvalue weighted by Gasteiger charge is -2.11. The van der Waals surface area contributed by atoms with E-state index in [1.165, 1.54) is 13.2 Å². The van der Waals surface area contributed by atoms with Crippen LogP contribution in [0.4, 0.5) is 5.69 Å². The fourth-order valence-corrected chi connectivity index (χ4v) is 1.61. The molecule has 0 aromatic heterocycles. The molecule has 0 aliphatic carbocycles. The molecule has 1 aromatic rings. The number of hydrogen-bond acceptors (Lipinski definition) is 7. The van der Waals surface area contributed by atoms with Gasteiger partial charge >= 0.3 is 11.9 Å². The van der Waals surface area contributed by atoms with E-state index in [-0.39, 0.29) is 31.1 Å². The van der Waals surface area contributed by atoms with Crippen molar-refractivity contribution < 1.29 is 33.8 Å². The van der Waals surface area contributed by atoms with Gasteiger partial charge in [-0.15, -0.1) is 0 Å². The molecule has 1 aromatic carbocycles. The van der Waals surface area contributed by atoms with Crippen LogP contribution in [0.1, 0.15) is 16.8 Å². The van der Waals surface area contributed by atoms with Crippen molar-refractivity contribution in [2.24, 2.45) is 0 Å². The second-order valence-corrected chi connectivity index (χ2v) is 4.15. The van der Waals surface area contributed by atoms with Crippen LogP contribution in [0.5, 0.6) is 11.5 Å². The molecule has 23 heavy (non-hydrogen) atoms. The molecule has 0 amide bonds. The van der Waals surface area contributed by atoms with Crippen LogP contribution in [0.2, 0.25) is 0 Å². The van der Waals surface area contributed by atoms with Crippen LogP contribution in [0.15, 0.2) is 24.8 Å². The van der Waals surface area contributed by atoms with Gasteiger partial charge < -0.3 is 19.3 Å². The first-order valence-corrected chi connectivity index (χ1v) is 6.39. The molecular formula is C14H15NO8. The molecule has 0 atom stereocenters. The topological polar surface area (TPSA) is 125 Å². The fraction of sp³-hybridized carbons (Fsp3) is 0.286. The average Bonchev–Trinajstić information content (AvgIpc) is 2.51.